The number of fused-ring (bicyclic) bond motifs is 8. The Bertz CT molecular complexity index is 3120. The van der Waals surface area contributed by atoms with E-state index in [2.05, 4.69) is 174 Å². The Morgan fingerprint density at radius 1 is 0.403 bits per heavy atom. The molecule has 12 heteroatoms. The number of rotatable bonds is 22. The second kappa shape index (κ2) is 24.8. The van der Waals surface area contributed by atoms with Gasteiger partial charge in [0.25, 0.3) is 0 Å². The first kappa shape index (κ1) is 51.9. The van der Waals surface area contributed by atoms with Crippen molar-refractivity contribution in [2.75, 3.05) is 44.3 Å². The highest BCUT2D eigenvalue weighted by Crippen LogP contribution is 2.39. The molecular formula is C60H64N4O3S4Si. The van der Waals surface area contributed by atoms with Crippen LogP contribution in [0, 0.1) is 0 Å². The van der Waals surface area contributed by atoms with E-state index in [1.54, 1.807) is 0 Å². The standard InChI is InChI=1S/C60H64N4O3S4Si/c1-7-65-72(66-8-2,67-9-3)36-10-35-71-40-44-17-25-48(26-18-44)60-55-33-31-53(63-55)58(46-21-13-42(14-22-46)38-69-5)51-29-27-49(61-51)57(45-19-11-41(12-20-45)37-68-4)50-28-30-52(62-50)59(54-32-34-56(60)64-54)47-23-15-43(16-24-47)39-70-6/h11-34,61,64H,7-10,35-40H2,1-6H3. The molecule has 0 atom stereocenters. The highest BCUT2D eigenvalue weighted by atomic mass is 32.2. The first-order valence-electron chi connectivity index (χ1n) is 24.9. The number of benzene rings is 4. The monoisotopic (exact) mass is 1040 g/mol. The minimum Gasteiger partial charge on any atom is -0.374 e. The van der Waals surface area contributed by atoms with E-state index >= 15 is 0 Å². The van der Waals surface area contributed by atoms with E-state index in [0.717, 1.165) is 131 Å². The molecule has 0 fully saturated rings. The lowest BCUT2D eigenvalue weighted by atomic mass is 10.0. The molecule has 2 N–H and O–H groups in total. The van der Waals surface area contributed by atoms with Crippen LogP contribution in [0.4, 0.5) is 0 Å². The number of nitrogens with one attached hydrogen (secondary N) is 2. The molecule has 5 heterocycles. The summed E-state index contributed by atoms with van der Waals surface area (Å²) in [7, 11) is -2.66. The van der Waals surface area contributed by atoms with Gasteiger partial charge in [0.05, 0.1) is 22.8 Å². The van der Waals surface area contributed by atoms with Gasteiger partial charge in [0.1, 0.15) is 0 Å². The fraction of sp³-hybridized carbons (Fsp3) is 0.267. The van der Waals surface area contributed by atoms with E-state index in [1.807, 2.05) is 67.8 Å². The van der Waals surface area contributed by atoms with Crippen molar-refractivity contribution in [3.8, 4) is 44.5 Å². The van der Waals surface area contributed by atoms with Crippen molar-refractivity contribution in [1.29, 1.82) is 0 Å². The zero-order valence-electron chi connectivity index (χ0n) is 42.2. The van der Waals surface area contributed by atoms with Crippen molar-refractivity contribution >= 4 is 102 Å². The molecule has 4 aromatic carbocycles. The van der Waals surface area contributed by atoms with Crippen molar-refractivity contribution in [3.63, 3.8) is 0 Å². The summed E-state index contributed by atoms with van der Waals surface area (Å²) in [5.41, 5.74) is 21.3. The number of hydrogen-bond donors (Lipinski definition) is 2. The largest absolute Gasteiger partial charge is 0.500 e. The summed E-state index contributed by atoms with van der Waals surface area (Å²) in [6, 6.07) is 45.6. The van der Waals surface area contributed by atoms with Crippen LogP contribution in [0.25, 0.3) is 90.9 Å². The first-order valence-corrected chi connectivity index (χ1v) is 32.1. The summed E-state index contributed by atoms with van der Waals surface area (Å²) >= 11 is 7.44. The van der Waals surface area contributed by atoms with Gasteiger partial charge in [-0.05, 0) is 145 Å². The number of nitrogens with zero attached hydrogens (tertiary/aromatic N) is 2. The molecule has 0 spiro atoms. The summed E-state index contributed by atoms with van der Waals surface area (Å²) in [5.74, 6) is 4.78. The third kappa shape index (κ3) is 12.0. The number of hydrogen-bond acceptors (Lipinski definition) is 9. The molecule has 0 radical (unpaired) electrons. The second-order valence-electron chi connectivity index (χ2n) is 17.7. The average molecular weight is 1050 g/mol. The normalized spacial score (nSPS) is 12.3. The summed E-state index contributed by atoms with van der Waals surface area (Å²) in [6.07, 6.45) is 16.2. The Hall–Kier alpha value is -5.02. The molecule has 72 heavy (non-hydrogen) atoms. The molecule has 7 aromatic rings. The Morgan fingerprint density at radius 2 is 0.694 bits per heavy atom. The quantitative estimate of drug-likeness (QED) is 0.0509. The van der Waals surface area contributed by atoms with Gasteiger partial charge in [0.15, 0.2) is 0 Å². The molecule has 370 valence electrons. The zero-order valence-corrected chi connectivity index (χ0v) is 46.4. The van der Waals surface area contributed by atoms with Gasteiger partial charge in [0.2, 0.25) is 0 Å². The van der Waals surface area contributed by atoms with Crippen LogP contribution in [-0.2, 0) is 36.3 Å². The number of aromatic nitrogens is 4. The fourth-order valence-corrected chi connectivity index (χ4v) is 14.9. The van der Waals surface area contributed by atoms with Gasteiger partial charge in [-0.15, -0.1) is 0 Å². The van der Waals surface area contributed by atoms with E-state index in [4.69, 9.17) is 23.2 Å². The van der Waals surface area contributed by atoms with Gasteiger partial charge in [0, 0.05) is 93.2 Å². The van der Waals surface area contributed by atoms with E-state index < -0.39 is 8.80 Å². The average Bonchev–Trinajstić information content (AvgIpc) is 4.25. The molecule has 9 rings (SSSR count). The first-order chi connectivity index (χ1) is 35.4. The summed E-state index contributed by atoms with van der Waals surface area (Å²) < 4.78 is 18.4. The van der Waals surface area contributed by atoms with Crippen LogP contribution >= 0.6 is 47.0 Å². The molecule has 0 saturated carbocycles. The fourth-order valence-electron chi connectivity index (χ4n) is 9.57. The van der Waals surface area contributed by atoms with Gasteiger partial charge < -0.3 is 23.2 Å². The van der Waals surface area contributed by atoms with E-state index in [9.17, 15) is 0 Å². The Labute approximate surface area is 443 Å². The predicted molar refractivity (Wildman–Crippen MR) is 318 cm³/mol. The minimum absolute atomic E-state index is 0.599. The lowest BCUT2D eigenvalue weighted by Crippen LogP contribution is -2.46. The Balaban J connectivity index is 1.21. The summed E-state index contributed by atoms with van der Waals surface area (Å²) in [5, 5.41) is 0. The summed E-state index contributed by atoms with van der Waals surface area (Å²) in [4.78, 5) is 19.0. The van der Waals surface area contributed by atoms with Crippen LogP contribution in [0.1, 0.15) is 72.2 Å². The lowest BCUT2D eigenvalue weighted by molar-refractivity contribution is 0.0712. The molecule has 2 aliphatic heterocycles. The molecule has 0 unspecified atom stereocenters. The Kier molecular flexibility index (Phi) is 17.9. The molecule has 7 nitrogen and oxygen atoms in total. The van der Waals surface area contributed by atoms with Crippen molar-refractivity contribution in [3.05, 3.63) is 166 Å². The molecule has 0 aliphatic carbocycles. The maximum Gasteiger partial charge on any atom is 0.500 e. The van der Waals surface area contributed by atoms with Crippen LogP contribution in [0.3, 0.4) is 0 Å². The van der Waals surface area contributed by atoms with Crippen LogP contribution in [0.5, 0.6) is 0 Å². The highest BCUT2D eigenvalue weighted by Gasteiger charge is 2.39. The van der Waals surface area contributed by atoms with Gasteiger partial charge in [-0.3, -0.25) is 0 Å². The molecular weight excluding hydrogens is 981 g/mol. The topological polar surface area (TPSA) is 85.1 Å². The smallest absolute Gasteiger partial charge is 0.374 e. The van der Waals surface area contributed by atoms with Crippen LogP contribution in [0.2, 0.25) is 6.04 Å². The number of H-pyrrole nitrogens is 2. The lowest BCUT2D eigenvalue weighted by Gasteiger charge is -2.28. The van der Waals surface area contributed by atoms with Crippen LogP contribution in [0.15, 0.2) is 121 Å². The third-order valence-electron chi connectivity index (χ3n) is 12.8. The van der Waals surface area contributed by atoms with Crippen LogP contribution < -0.4 is 0 Å². The van der Waals surface area contributed by atoms with Crippen LogP contribution in [-0.4, -0.2) is 73.1 Å². The minimum atomic E-state index is -2.66. The van der Waals surface area contributed by atoms with Crippen molar-refractivity contribution in [2.24, 2.45) is 0 Å². The van der Waals surface area contributed by atoms with E-state index in [-0.39, 0.29) is 0 Å². The maximum absolute atomic E-state index is 6.12. The zero-order chi connectivity index (χ0) is 49.9. The summed E-state index contributed by atoms with van der Waals surface area (Å²) in [6.45, 7) is 7.85. The molecule has 0 saturated heterocycles. The number of aromatic amines is 2. The van der Waals surface area contributed by atoms with E-state index in [0.29, 0.717) is 19.8 Å². The third-order valence-corrected chi connectivity index (χ3v) is 18.9. The highest BCUT2D eigenvalue weighted by molar-refractivity contribution is 7.98. The van der Waals surface area contributed by atoms with Gasteiger partial charge in [-0.25, -0.2) is 9.97 Å². The Morgan fingerprint density at radius 3 is 0.972 bits per heavy atom. The molecule has 2 aliphatic rings. The van der Waals surface area contributed by atoms with Gasteiger partial charge >= 0.3 is 8.80 Å². The molecule has 3 aromatic heterocycles. The van der Waals surface area contributed by atoms with Gasteiger partial charge in [-0.1, -0.05) is 97.1 Å². The SMILES string of the molecule is CCO[Si](CCCSCc1ccc(-c2c3nc(c(-c4ccc(CSC)cc4)c4ccc([nH]4)c(-c4ccc(CSC)cc4)c4nc(c(-c5ccc(CSC)cc5)c5ccc2[nH]5)C=C4)C=C3)cc1)(OCC)OCC. The van der Waals surface area contributed by atoms with Crippen molar-refractivity contribution < 1.29 is 13.3 Å². The predicted octanol–water partition coefficient (Wildman–Crippen LogP) is 16.6. The van der Waals surface area contributed by atoms with E-state index in [1.165, 1.54) is 22.3 Å². The number of thioether (sulfide) groups is 4. The molecule has 8 bridgehead atoms. The van der Waals surface area contributed by atoms with Crippen molar-refractivity contribution in [1.82, 2.24) is 19.9 Å². The maximum atomic E-state index is 6.12. The van der Waals surface area contributed by atoms with Gasteiger partial charge in [-0.2, -0.15) is 47.0 Å². The van der Waals surface area contributed by atoms with Crippen molar-refractivity contribution in [2.45, 2.75) is 56.2 Å². The molecule has 0 amide bonds. The second-order valence-corrected chi connectivity index (χ2v) is 24.2.